The van der Waals surface area contributed by atoms with Gasteiger partial charge in [0.2, 0.25) is 5.43 Å². The third-order valence-electron chi connectivity index (χ3n) is 3.63. The smallest absolute Gasteiger partial charge is 0.343 e. The Hall–Kier alpha value is -2.47. The molecule has 0 radical (unpaired) electrons. The Kier molecular flexibility index (Phi) is 4.76. The van der Waals surface area contributed by atoms with Gasteiger partial charge in [0.25, 0.3) is 0 Å². The fraction of sp³-hybridized carbons (Fsp3) is 0.167. The van der Waals surface area contributed by atoms with Crippen molar-refractivity contribution in [1.82, 2.24) is 9.55 Å². The van der Waals surface area contributed by atoms with Crippen molar-refractivity contribution in [2.24, 2.45) is 0 Å². The summed E-state index contributed by atoms with van der Waals surface area (Å²) in [6.45, 7) is 2.41. The van der Waals surface area contributed by atoms with E-state index in [9.17, 15) is 9.59 Å². The molecule has 0 aliphatic carbocycles. The molecule has 6 heteroatoms. The summed E-state index contributed by atoms with van der Waals surface area (Å²) in [5.74, 6) is -0.629. The maximum atomic E-state index is 12.5. The van der Waals surface area contributed by atoms with Crippen molar-refractivity contribution in [3.05, 3.63) is 74.6 Å². The number of carbonyl (C=O) groups excluding carboxylic acids is 1. The minimum absolute atomic E-state index is 0.00453. The van der Waals surface area contributed by atoms with Gasteiger partial charge in [0.05, 0.1) is 12.1 Å². The van der Waals surface area contributed by atoms with E-state index in [1.54, 1.807) is 25.4 Å². The molecule has 0 saturated carbocycles. The summed E-state index contributed by atoms with van der Waals surface area (Å²) < 4.78 is 7.80. The molecule has 3 aromatic rings. The summed E-state index contributed by atoms with van der Waals surface area (Å²) in [4.78, 5) is 28.8. The summed E-state index contributed by atoms with van der Waals surface area (Å²) >= 11 is 3.52. The fourth-order valence-corrected chi connectivity index (χ4v) is 2.92. The number of nitrogens with zero attached hydrogens (tertiary/aromatic N) is 2. The number of hydrogen-bond acceptors (Lipinski definition) is 4. The van der Waals surface area contributed by atoms with Crippen molar-refractivity contribution in [1.29, 1.82) is 0 Å². The van der Waals surface area contributed by atoms with Gasteiger partial charge >= 0.3 is 5.97 Å². The summed E-state index contributed by atoms with van der Waals surface area (Å²) in [5, 5.41) is 0. The quantitative estimate of drug-likeness (QED) is 0.644. The third kappa shape index (κ3) is 3.10. The topological polar surface area (TPSA) is 61.2 Å². The lowest BCUT2D eigenvalue weighted by atomic mass is 10.2. The van der Waals surface area contributed by atoms with Gasteiger partial charge in [0.15, 0.2) is 0 Å². The molecule has 0 spiro atoms. The molecule has 0 N–H and O–H groups in total. The van der Waals surface area contributed by atoms with Crippen LogP contribution in [0, 0.1) is 0 Å². The zero-order chi connectivity index (χ0) is 17.1. The lowest BCUT2D eigenvalue weighted by Gasteiger charge is -2.13. The van der Waals surface area contributed by atoms with Gasteiger partial charge in [0, 0.05) is 23.4 Å². The number of ether oxygens (including phenoxy) is 1. The van der Waals surface area contributed by atoms with Gasteiger partial charge in [-0.05, 0) is 30.7 Å². The molecular formula is C18H15BrN2O3. The number of hydrogen-bond donors (Lipinski definition) is 0. The molecule has 0 saturated heterocycles. The monoisotopic (exact) mass is 386 g/mol. The van der Waals surface area contributed by atoms with Crippen molar-refractivity contribution in [3.63, 3.8) is 0 Å². The summed E-state index contributed by atoms with van der Waals surface area (Å²) in [7, 11) is 0. The standard InChI is InChI=1S/C18H15BrN2O3/c1-2-24-18(23)13-11-21(10-12-6-3-4-7-14(12)19)15-8-5-9-20-16(15)17(13)22/h3-9,11H,2,10H2,1H3. The first-order valence-electron chi connectivity index (χ1n) is 7.50. The van der Waals surface area contributed by atoms with Gasteiger partial charge in [-0.1, -0.05) is 34.1 Å². The first kappa shape index (κ1) is 16.4. The third-order valence-corrected chi connectivity index (χ3v) is 4.41. The zero-order valence-electron chi connectivity index (χ0n) is 13.0. The predicted octanol–water partition coefficient (Wildman–Crippen LogP) is 3.38. The number of fused-ring (bicyclic) bond motifs is 1. The van der Waals surface area contributed by atoms with E-state index >= 15 is 0 Å². The molecule has 3 rings (SSSR count). The van der Waals surface area contributed by atoms with E-state index in [2.05, 4.69) is 20.9 Å². The SMILES string of the molecule is CCOC(=O)c1cn(Cc2ccccc2Br)c2cccnc2c1=O. The maximum absolute atomic E-state index is 12.5. The Labute approximate surface area is 147 Å². The van der Waals surface area contributed by atoms with Crippen LogP contribution in [0.3, 0.4) is 0 Å². The normalized spacial score (nSPS) is 10.8. The van der Waals surface area contributed by atoms with Crippen LogP contribution in [0.1, 0.15) is 22.8 Å². The molecule has 0 aliphatic rings. The number of halogens is 1. The second-order valence-electron chi connectivity index (χ2n) is 5.18. The molecule has 0 fully saturated rings. The van der Waals surface area contributed by atoms with Gasteiger partial charge in [-0.15, -0.1) is 0 Å². The van der Waals surface area contributed by atoms with Crippen LogP contribution in [0.25, 0.3) is 11.0 Å². The summed E-state index contributed by atoms with van der Waals surface area (Å²) in [6.07, 6.45) is 3.09. The number of esters is 1. The molecule has 122 valence electrons. The molecular weight excluding hydrogens is 372 g/mol. The van der Waals surface area contributed by atoms with Crippen LogP contribution in [0.15, 0.2) is 58.1 Å². The van der Waals surface area contributed by atoms with Crippen molar-refractivity contribution >= 4 is 32.9 Å². The molecule has 0 atom stereocenters. The highest BCUT2D eigenvalue weighted by atomic mass is 79.9. The van der Waals surface area contributed by atoms with Crippen LogP contribution >= 0.6 is 15.9 Å². The first-order chi connectivity index (χ1) is 11.6. The highest BCUT2D eigenvalue weighted by Gasteiger charge is 2.17. The van der Waals surface area contributed by atoms with Crippen molar-refractivity contribution < 1.29 is 9.53 Å². The second kappa shape index (κ2) is 6.97. The molecule has 2 heterocycles. The van der Waals surface area contributed by atoms with Crippen LogP contribution in [-0.4, -0.2) is 22.1 Å². The summed E-state index contributed by atoms with van der Waals surface area (Å²) in [5.41, 5.74) is 1.55. The predicted molar refractivity (Wildman–Crippen MR) is 95.2 cm³/mol. The molecule has 0 unspecified atom stereocenters. The van der Waals surface area contributed by atoms with Gasteiger partial charge < -0.3 is 9.30 Å². The van der Waals surface area contributed by atoms with E-state index in [-0.39, 0.29) is 17.7 Å². The Morgan fingerprint density at radius 3 is 2.79 bits per heavy atom. The molecule has 1 aromatic carbocycles. The van der Waals surface area contributed by atoms with Gasteiger partial charge in [-0.2, -0.15) is 0 Å². The lowest BCUT2D eigenvalue weighted by molar-refractivity contribution is 0.0524. The average molecular weight is 387 g/mol. The van der Waals surface area contributed by atoms with Crippen LogP contribution in [0.2, 0.25) is 0 Å². The fourth-order valence-electron chi connectivity index (χ4n) is 2.51. The summed E-state index contributed by atoms with van der Waals surface area (Å²) in [6, 6.07) is 11.4. The van der Waals surface area contributed by atoms with E-state index < -0.39 is 11.4 Å². The molecule has 0 bridgehead atoms. The molecule has 24 heavy (non-hydrogen) atoms. The van der Waals surface area contributed by atoms with Crippen LogP contribution < -0.4 is 5.43 Å². The Balaban J connectivity index is 2.19. The second-order valence-corrected chi connectivity index (χ2v) is 6.04. The van der Waals surface area contributed by atoms with Crippen molar-refractivity contribution in [2.75, 3.05) is 6.61 Å². The molecule has 0 amide bonds. The largest absolute Gasteiger partial charge is 0.462 e. The van der Waals surface area contributed by atoms with Crippen LogP contribution in [-0.2, 0) is 11.3 Å². The molecule has 0 aliphatic heterocycles. The first-order valence-corrected chi connectivity index (χ1v) is 8.29. The lowest BCUT2D eigenvalue weighted by Crippen LogP contribution is -2.22. The van der Waals surface area contributed by atoms with E-state index in [0.717, 1.165) is 10.0 Å². The highest BCUT2D eigenvalue weighted by molar-refractivity contribution is 9.10. The van der Waals surface area contributed by atoms with Gasteiger partial charge in [0.1, 0.15) is 11.1 Å². The number of pyridine rings is 2. The number of rotatable bonds is 4. The van der Waals surface area contributed by atoms with Gasteiger partial charge in [-0.3, -0.25) is 9.78 Å². The Morgan fingerprint density at radius 1 is 1.25 bits per heavy atom. The van der Waals surface area contributed by atoms with Crippen molar-refractivity contribution in [3.8, 4) is 0 Å². The molecule has 5 nitrogen and oxygen atoms in total. The number of carbonyl (C=O) groups is 1. The minimum Gasteiger partial charge on any atom is -0.462 e. The number of benzene rings is 1. The maximum Gasteiger partial charge on any atom is 0.343 e. The number of aromatic nitrogens is 2. The highest BCUT2D eigenvalue weighted by Crippen LogP contribution is 2.19. The Morgan fingerprint density at radius 2 is 2.04 bits per heavy atom. The van der Waals surface area contributed by atoms with E-state index in [0.29, 0.717) is 12.1 Å². The zero-order valence-corrected chi connectivity index (χ0v) is 14.6. The molecule has 2 aromatic heterocycles. The minimum atomic E-state index is -0.629. The van der Waals surface area contributed by atoms with E-state index in [1.165, 1.54) is 0 Å². The van der Waals surface area contributed by atoms with Crippen LogP contribution in [0.4, 0.5) is 0 Å². The van der Waals surface area contributed by atoms with Gasteiger partial charge in [-0.25, -0.2) is 4.79 Å². The van der Waals surface area contributed by atoms with E-state index in [4.69, 9.17) is 4.74 Å². The van der Waals surface area contributed by atoms with Crippen molar-refractivity contribution in [2.45, 2.75) is 13.5 Å². The average Bonchev–Trinajstić information content (AvgIpc) is 2.59. The van der Waals surface area contributed by atoms with Crippen LogP contribution in [0.5, 0.6) is 0 Å². The Bertz CT molecular complexity index is 966. The van der Waals surface area contributed by atoms with E-state index in [1.807, 2.05) is 34.9 Å².